The van der Waals surface area contributed by atoms with Gasteiger partial charge in [-0.2, -0.15) is 4.98 Å². The Morgan fingerprint density at radius 3 is 1.57 bits per heavy atom. The number of hydrogen-bond donors (Lipinski definition) is 0. The Balaban J connectivity index is 1.38. The van der Waals surface area contributed by atoms with E-state index in [-0.39, 0.29) is 0 Å². The summed E-state index contributed by atoms with van der Waals surface area (Å²) >= 11 is 0. The van der Waals surface area contributed by atoms with Gasteiger partial charge in [0.25, 0.3) is 0 Å². The van der Waals surface area contributed by atoms with Crippen molar-refractivity contribution in [2.75, 3.05) is 0 Å². The third-order valence-electron chi connectivity index (χ3n) is 9.62. The van der Waals surface area contributed by atoms with Gasteiger partial charge in [-0.3, -0.25) is 13.5 Å². The van der Waals surface area contributed by atoms with Crippen molar-refractivity contribution in [2.24, 2.45) is 0 Å². The number of pyridine rings is 1. The summed E-state index contributed by atoms with van der Waals surface area (Å²) in [5.41, 5.74) is 8.06. The standard InChI is InChI=1S/C41H24N6/c1-2-16-28-27(15-1)37-30-18-6-11-23-35(30)47(40(37)46-36-24-12-8-20-32(36)42-38(28)46)41-43-31-19-7-3-17-29(31)39(44-41)45-33-21-9-4-13-25(33)26-14-5-10-22-34(26)45/h1-24H. The normalized spacial score (nSPS) is 12.3. The maximum Gasteiger partial charge on any atom is 0.238 e. The van der Waals surface area contributed by atoms with E-state index >= 15 is 0 Å². The quantitative estimate of drug-likeness (QED) is 0.198. The first-order valence-electron chi connectivity index (χ1n) is 15.8. The second-order valence-corrected chi connectivity index (χ2v) is 12.1. The zero-order valence-electron chi connectivity index (χ0n) is 25.0. The van der Waals surface area contributed by atoms with Crippen molar-refractivity contribution in [3.63, 3.8) is 0 Å². The van der Waals surface area contributed by atoms with Gasteiger partial charge in [0.1, 0.15) is 11.3 Å². The highest BCUT2D eigenvalue weighted by Crippen LogP contribution is 2.40. The van der Waals surface area contributed by atoms with Crippen molar-refractivity contribution in [1.29, 1.82) is 0 Å². The van der Waals surface area contributed by atoms with Crippen LogP contribution in [0.1, 0.15) is 0 Å². The van der Waals surface area contributed by atoms with E-state index in [1.54, 1.807) is 0 Å². The van der Waals surface area contributed by atoms with E-state index in [0.717, 1.165) is 77.1 Å². The molecule has 0 aliphatic rings. The first kappa shape index (κ1) is 24.8. The van der Waals surface area contributed by atoms with E-state index in [0.29, 0.717) is 5.95 Å². The molecule has 0 aliphatic carbocycles. The van der Waals surface area contributed by atoms with Crippen LogP contribution >= 0.6 is 0 Å². The fourth-order valence-electron chi connectivity index (χ4n) is 7.69. The van der Waals surface area contributed by atoms with Crippen LogP contribution in [0.5, 0.6) is 0 Å². The van der Waals surface area contributed by atoms with E-state index < -0.39 is 0 Å². The fourth-order valence-corrected chi connectivity index (χ4v) is 7.69. The molecule has 0 N–H and O–H groups in total. The highest BCUT2D eigenvalue weighted by Gasteiger charge is 2.24. The van der Waals surface area contributed by atoms with Crippen molar-refractivity contribution in [1.82, 2.24) is 28.5 Å². The number of rotatable bonds is 2. The summed E-state index contributed by atoms with van der Waals surface area (Å²) in [7, 11) is 0. The average molecular weight is 601 g/mol. The molecule has 6 nitrogen and oxygen atoms in total. The van der Waals surface area contributed by atoms with Crippen LogP contribution in [0.4, 0.5) is 0 Å². The monoisotopic (exact) mass is 600 g/mol. The zero-order chi connectivity index (χ0) is 30.6. The van der Waals surface area contributed by atoms with Gasteiger partial charge in [0, 0.05) is 32.3 Å². The van der Waals surface area contributed by atoms with Crippen LogP contribution in [0.3, 0.4) is 0 Å². The van der Waals surface area contributed by atoms with E-state index in [9.17, 15) is 0 Å². The van der Waals surface area contributed by atoms with Crippen LogP contribution in [0.25, 0.3) is 93.9 Å². The number of nitrogens with zero attached hydrogens (tertiary/aromatic N) is 6. The number of benzene rings is 6. The molecule has 5 aromatic heterocycles. The lowest BCUT2D eigenvalue weighted by atomic mass is 10.1. The molecule has 0 aliphatic heterocycles. The molecule has 0 radical (unpaired) electrons. The smallest absolute Gasteiger partial charge is 0.238 e. The van der Waals surface area contributed by atoms with Gasteiger partial charge in [0.05, 0.1) is 33.1 Å². The largest absolute Gasteiger partial charge is 0.293 e. The molecule has 47 heavy (non-hydrogen) atoms. The third-order valence-corrected chi connectivity index (χ3v) is 9.62. The Labute approximate surface area is 267 Å². The summed E-state index contributed by atoms with van der Waals surface area (Å²) in [6, 6.07) is 51.0. The lowest BCUT2D eigenvalue weighted by Crippen LogP contribution is -2.08. The summed E-state index contributed by atoms with van der Waals surface area (Å²) in [5.74, 6) is 1.46. The van der Waals surface area contributed by atoms with Crippen LogP contribution in [0, 0.1) is 0 Å². The van der Waals surface area contributed by atoms with Crippen molar-refractivity contribution >= 4 is 82.1 Å². The van der Waals surface area contributed by atoms with Gasteiger partial charge < -0.3 is 0 Å². The highest BCUT2D eigenvalue weighted by atomic mass is 15.2. The number of para-hydroxylation sites is 6. The van der Waals surface area contributed by atoms with E-state index in [4.69, 9.17) is 15.0 Å². The molecule has 218 valence electrons. The number of aromatic nitrogens is 6. The van der Waals surface area contributed by atoms with Crippen LogP contribution < -0.4 is 0 Å². The molecule has 0 spiro atoms. The first-order chi connectivity index (χ1) is 23.3. The van der Waals surface area contributed by atoms with Gasteiger partial charge in [-0.05, 0) is 47.9 Å². The maximum atomic E-state index is 5.52. The lowest BCUT2D eigenvalue weighted by Gasteiger charge is -2.14. The predicted octanol–water partition coefficient (Wildman–Crippen LogP) is 9.78. The van der Waals surface area contributed by atoms with E-state index in [1.807, 2.05) is 6.07 Å². The van der Waals surface area contributed by atoms with Gasteiger partial charge in [-0.15, -0.1) is 0 Å². The fraction of sp³-hybridized carbons (Fsp3) is 0. The predicted molar refractivity (Wildman–Crippen MR) is 192 cm³/mol. The molecule has 6 aromatic carbocycles. The maximum absolute atomic E-state index is 5.52. The molecule has 0 bridgehead atoms. The average Bonchev–Trinajstić information content (AvgIpc) is 3.80. The van der Waals surface area contributed by atoms with Gasteiger partial charge in [0.2, 0.25) is 5.95 Å². The minimum atomic E-state index is 0.612. The summed E-state index contributed by atoms with van der Waals surface area (Å²) in [5, 5.41) is 7.96. The summed E-state index contributed by atoms with van der Waals surface area (Å²) in [6.07, 6.45) is 0. The van der Waals surface area contributed by atoms with Crippen LogP contribution in [-0.2, 0) is 0 Å². The molecule has 11 rings (SSSR count). The minimum Gasteiger partial charge on any atom is -0.293 e. The Morgan fingerprint density at radius 1 is 0.362 bits per heavy atom. The highest BCUT2D eigenvalue weighted by molar-refractivity contribution is 6.24. The molecule has 5 heterocycles. The number of imidazole rings is 1. The lowest BCUT2D eigenvalue weighted by molar-refractivity contribution is 0.958. The van der Waals surface area contributed by atoms with Gasteiger partial charge in [-0.25, -0.2) is 9.97 Å². The van der Waals surface area contributed by atoms with Gasteiger partial charge >= 0.3 is 0 Å². The molecular weight excluding hydrogens is 576 g/mol. The van der Waals surface area contributed by atoms with Crippen LogP contribution in [-0.4, -0.2) is 28.5 Å². The minimum absolute atomic E-state index is 0.612. The molecule has 0 saturated heterocycles. The van der Waals surface area contributed by atoms with E-state index in [2.05, 4.69) is 153 Å². The molecular formula is C41H24N6. The topological polar surface area (TPSA) is 52.9 Å². The molecule has 0 unspecified atom stereocenters. The Kier molecular flexibility index (Phi) is 4.75. The van der Waals surface area contributed by atoms with Crippen molar-refractivity contribution in [2.45, 2.75) is 0 Å². The molecule has 0 fully saturated rings. The molecule has 0 atom stereocenters. The van der Waals surface area contributed by atoms with Gasteiger partial charge in [-0.1, -0.05) is 103 Å². The van der Waals surface area contributed by atoms with Crippen molar-refractivity contribution < 1.29 is 0 Å². The second-order valence-electron chi connectivity index (χ2n) is 12.1. The second kappa shape index (κ2) is 9.02. The van der Waals surface area contributed by atoms with Crippen LogP contribution in [0.15, 0.2) is 146 Å². The van der Waals surface area contributed by atoms with Crippen molar-refractivity contribution in [3.05, 3.63) is 146 Å². The van der Waals surface area contributed by atoms with Crippen LogP contribution in [0.2, 0.25) is 0 Å². The summed E-state index contributed by atoms with van der Waals surface area (Å²) in [6.45, 7) is 0. The molecule has 0 amide bonds. The summed E-state index contributed by atoms with van der Waals surface area (Å²) < 4.78 is 6.83. The third kappa shape index (κ3) is 3.21. The molecule has 0 saturated carbocycles. The molecule has 11 aromatic rings. The Morgan fingerprint density at radius 2 is 0.872 bits per heavy atom. The molecule has 6 heteroatoms. The van der Waals surface area contributed by atoms with Crippen molar-refractivity contribution in [3.8, 4) is 11.8 Å². The number of fused-ring (bicyclic) bond motifs is 14. The Hall–Kier alpha value is -6.53. The summed E-state index contributed by atoms with van der Waals surface area (Å²) in [4.78, 5) is 16.0. The number of hydrogen-bond acceptors (Lipinski definition) is 3. The SMILES string of the molecule is c1ccc2c(-n3c4ccccc4c4ccccc43)nc(-n3c4ccccc4c4c5ccccc5c5nc6ccccc6n5c43)nc2c1. The van der Waals surface area contributed by atoms with Gasteiger partial charge in [0.15, 0.2) is 5.82 Å². The Bertz CT molecular complexity index is 3030. The van der Waals surface area contributed by atoms with E-state index in [1.165, 1.54) is 10.8 Å². The zero-order valence-corrected chi connectivity index (χ0v) is 25.0. The first-order valence-corrected chi connectivity index (χ1v) is 15.8.